The van der Waals surface area contributed by atoms with Crippen molar-refractivity contribution in [1.82, 2.24) is 5.32 Å². The van der Waals surface area contributed by atoms with E-state index in [1.807, 2.05) is 0 Å². The summed E-state index contributed by atoms with van der Waals surface area (Å²) < 4.78 is 0. The van der Waals surface area contributed by atoms with Crippen molar-refractivity contribution in [2.24, 2.45) is 17.8 Å². The molecule has 5 atom stereocenters. The third kappa shape index (κ3) is 2.34. The SMILES string of the molecule is O=C(NC1C2CCC(C2)C1CO)C1SCCc2sccc21. The van der Waals surface area contributed by atoms with Gasteiger partial charge in [0.2, 0.25) is 5.91 Å². The van der Waals surface area contributed by atoms with Crippen LogP contribution in [0.4, 0.5) is 0 Å². The average molecular weight is 323 g/mol. The van der Waals surface area contributed by atoms with Gasteiger partial charge in [0.25, 0.3) is 0 Å². The molecule has 0 saturated heterocycles. The maximum atomic E-state index is 12.7. The number of rotatable bonds is 3. The molecule has 114 valence electrons. The van der Waals surface area contributed by atoms with Crippen LogP contribution in [0.15, 0.2) is 11.4 Å². The summed E-state index contributed by atoms with van der Waals surface area (Å²) >= 11 is 3.54. The van der Waals surface area contributed by atoms with Crippen molar-refractivity contribution in [3.8, 4) is 0 Å². The minimum atomic E-state index is -0.0431. The van der Waals surface area contributed by atoms with Crippen LogP contribution in [0.25, 0.3) is 0 Å². The summed E-state index contributed by atoms with van der Waals surface area (Å²) in [6, 6.07) is 2.31. The molecule has 2 bridgehead atoms. The molecule has 2 saturated carbocycles. The van der Waals surface area contributed by atoms with Crippen LogP contribution in [-0.4, -0.2) is 29.4 Å². The van der Waals surface area contributed by atoms with Gasteiger partial charge in [0, 0.05) is 23.4 Å². The third-order valence-electron chi connectivity index (χ3n) is 5.52. The van der Waals surface area contributed by atoms with Crippen molar-refractivity contribution >= 4 is 29.0 Å². The summed E-state index contributed by atoms with van der Waals surface area (Å²) in [6.07, 6.45) is 4.73. The van der Waals surface area contributed by atoms with E-state index in [1.54, 1.807) is 23.1 Å². The first-order chi connectivity index (χ1) is 10.3. The van der Waals surface area contributed by atoms with Crippen molar-refractivity contribution < 1.29 is 9.90 Å². The molecule has 1 aromatic heterocycles. The molecular weight excluding hydrogens is 302 g/mol. The number of aliphatic hydroxyl groups is 1. The number of thiophene rings is 1. The highest BCUT2D eigenvalue weighted by molar-refractivity contribution is 8.00. The fraction of sp³-hybridized carbons (Fsp3) is 0.688. The second kappa shape index (κ2) is 5.60. The molecule has 2 fully saturated rings. The first kappa shape index (κ1) is 14.1. The topological polar surface area (TPSA) is 49.3 Å². The van der Waals surface area contributed by atoms with E-state index in [0.717, 1.165) is 12.2 Å². The highest BCUT2D eigenvalue weighted by Gasteiger charge is 2.48. The minimum absolute atomic E-state index is 0.0431. The minimum Gasteiger partial charge on any atom is -0.396 e. The van der Waals surface area contributed by atoms with E-state index in [9.17, 15) is 9.90 Å². The number of aliphatic hydroxyl groups excluding tert-OH is 1. The first-order valence-electron chi connectivity index (χ1n) is 7.87. The van der Waals surface area contributed by atoms with Gasteiger partial charge in [0.1, 0.15) is 5.25 Å². The van der Waals surface area contributed by atoms with E-state index in [-0.39, 0.29) is 29.7 Å². The summed E-state index contributed by atoms with van der Waals surface area (Å²) in [4.78, 5) is 14.1. The van der Waals surface area contributed by atoms with Crippen LogP contribution in [0.3, 0.4) is 0 Å². The smallest absolute Gasteiger partial charge is 0.237 e. The van der Waals surface area contributed by atoms with Crippen molar-refractivity contribution in [1.29, 1.82) is 0 Å². The molecule has 3 aliphatic rings. The van der Waals surface area contributed by atoms with Crippen LogP contribution in [0.5, 0.6) is 0 Å². The van der Waals surface area contributed by atoms with Crippen molar-refractivity contribution in [3.05, 3.63) is 21.9 Å². The predicted molar refractivity (Wildman–Crippen MR) is 86.6 cm³/mol. The number of hydrogen-bond acceptors (Lipinski definition) is 4. The number of aryl methyl sites for hydroxylation is 1. The molecule has 1 aromatic rings. The Bertz CT molecular complexity index is 544. The zero-order valence-electron chi connectivity index (χ0n) is 12.0. The van der Waals surface area contributed by atoms with E-state index >= 15 is 0 Å². The molecule has 1 aliphatic heterocycles. The Balaban J connectivity index is 1.50. The Labute approximate surface area is 133 Å². The summed E-state index contributed by atoms with van der Waals surface area (Å²) in [5.74, 6) is 2.69. The Morgan fingerprint density at radius 2 is 2.24 bits per heavy atom. The molecule has 0 radical (unpaired) electrons. The standard InChI is InChI=1S/C16H21NO2S2/c18-8-12-9-1-2-10(7-9)14(12)17-16(19)15-11-3-5-20-13(11)4-6-21-15/h3,5,9-10,12,14-15,18H,1-2,4,6-8H2,(H,17,19). The first-order valence-corrected chi connectivity index (χ1v) is 9.80. The molecule has 5 unspecified atom stereocenters. The maximum Gasteiger partial charge on any atom is 0.237 e. The van der Waals surface area contributed by atoms with E-state index in [2.05, 4.69) is 16.8 Å². The van der Waals surface area contributed by atoms with Gasteiger partial charge < -0.3 is 10.4 Å². The van der Waals surface area contributed by atoms with Gasteiger partial charge in [-0.1, -0.05) is 0 Å². The molecule has 5 heteroatoms. The van der Waals surface area contributed by atoms with Gasteiger partial charge in [-0.2, -0.15) is 0 Å². The van der Waals surface area contributed by atoms with Crippen LogP contribution in [0, 0.1) is 17.8 Å². The monoisotopic (exact) mass is 323 g/mol. The lowest BCUT2D eigenvalue weighted by Gasteiger charge is -2.32. The summed E-state index contributed by atoms with van der Waals surface area (Å²) in [7, 11) is 0. The number of fused-ring (bicyclic) bond motifs is 3. The Morgan fingerprint density at radius 1 is 1.38 bits per heavy atom. The molecule has 21 heavy (non-hydrogen) atoms. The van der Waals surface area contributed by atoms with Gasteiger partial charge in [-0.25, -0.2) is 0 Å². The zero-order chi connectivity index (χ0) is 14.4. The van der Waals surface area contributed by atoms with E-state index in [4.69, 9.17) is 0 Å². The van der Waals surface area contributed by atoms with Gasteiger partial charge in [0.15, 0.2) is 0 Å². The lowest BCUT2D eigenvalue weighted by Crippen LogP contribution is -2.46. The highest BCUT2D eigenvalue weighted by Crippen LogP contribution is 2.49. The second-order valence-corrected chi connectivity index (χ2v) is 8.73. The average Bonchev–Trinajstić information content (AvgIpc) is 3.21. The van der Waals surface area contributed by atoms with E-state index in [1.165, 1.54) is 29.7 Å². The number of nitrogens with one attached hydrogen (secondary N) is 1. The predicted octanol–water partition coefficient (Wildman–Crippen LogP) is 2.60. The molecular formula is C16H21NO2S2. The number of amides is 1. The second-order valence-electron chi connectivity index (χ2n) is 6.51. The molecule has 3 nitrogen and oxygen atoms in total. The van der Waals surface area contributed by atoms with Gasteiger partial charge in [-0.05, 0) is 60.3 Å². The van der Waals surface area contributed by atoms with E-state index < -0.39 is 0 Å². The van der Waals surface area contributed by atoms with Gasteiger partial charge in [-0.3, -0.25) is 4.79 Å². The molecule has 0 spiro atoms. The number of hydrogen-bond donors (Lipinski definition) is 2. The quantitative estimate of drug-likeness (QED) is 0.899. The maximum absolute atomic E-state index is 12.7. The fourth-order valence-corrected chi connectivity index (χ4v) is 6.80. The molecule has 4 rings (SSSR count). The molecule has 2 aliphatic carbocycles. The summed E-state index contributed by atoms with van der Waals surface area (Å²) in [5, 5.41) is 15.0. The normalized spacial score (nSPS) is 37.5. The summed E-state index contributed by atoms with van der Waals surface area (Å²) in [5.41, 5.74) is 1.22. The van der Waals surface area contributed by atoms with E-state index in [0.29, 0.717) is 11.8 Å². The number of thioether (sulfide) groups is 1. The van der Waals surface area contributed by atoms with Crippen LogP contribution < -0.4 is 5.32 Å². The van der Waals surface area contributed by atoms with Crippen molar-refractivity contribution in [2.75, 3.05) is 12.4 Å². The lowest BCUT2D eigenvalue weighted by molar-refractivity contribution is -0.122. The zero-order valence-corrected chi connectivity index (χ0v) is 13.6. The van der Waals surface area contributed by atoms with Gasteiger partial charge in [-0.15, -0.1) is 23.1 Å². The van der Waals surface area contributed by atoms with Gasteiger partial charge >= 0.3 is 0 Å². The Kier molecular flexibility index (Phi) is 3.76. The van der Waals surface area contributed by atoms with Crippen molar-refractivity contribution in [3.63, 3.8) is 0 Å². The molecule has 0 aromatic carbocycles. The largest absolute Gasteiger partial charge is 0.396 e. The molecule has 1 amide bonds. The molecule has 2 N–H and O–H groups in total. The summed E-state index contributed by atoms with van der Waals surface area (Å²) in [6.45, 7) is 0.216. The third-order valence-corrected chi connectivity index (χ3v) is 7.76. The Morgan fingerprint density at radius 3 is 3.10 bits per heavy atom. The Hall–Kier alpha value is -0.520. The number of carbonyl (C=O) groups excluding carboxylic acids is 1. The lowest BCUT2D eigenvalue weighted by atomic mass is 9.85. The van der Waals surface area contributed by atoms with Crippen LogP contribution in [0.1, 0.15) is 35.0 Å². The van der Waals surface area contributed by atoms with Crippen LogP contribution >= 0.6 is 23.1 Å². The van der Waals surface area contributed by atoms with Gasteiger partial charge in [0.05, 0.1) is 0 Å². The van der Waals surface area contributed by atoms with Crippen molar-refractivity contribution in [2.45, 2.75) is 37.0 Å². The fourth-order valence-electron chi connectivity index (χ4n) is 4.50. The highest BCUT2D eigenvalue weighted by atomic mass is 32.2. The number of carbonyl (C=O) groups is 1. The van der Waals surface area contributed by atoms with Crippen LogP contribution in [0.2, 0.25) is 0 Å². The van der Waals surface area contributed by atoms with Crippen LogP contribution in [-0.2, 0) is 11.2 Å². The molecule has 2 heterocycles.